The summed E-state index contributed by atoms with van der Waals surface area (Å²) in [6, 6.07) is 15.9. The highest BCUT2D eigenvalue weighted by Crippen LogP contribution is 2.40. The van der Waals surface area contributed by atoms with Crippen molar-refractivity contribution in [1.29, 1.82) is 0 Å². The number of likely N-dealkylation sites (tertiary alicyclic amines) is 1. The van der Waals surface area contributed by atoms with Gasteiger partial charge in [-0.05, 0) is 44.0 Å². The van der Waals surface area contributed by atoms with E-state index in [1.807, 2.05) is 51.1 Å². The highest BCUT2D eigenvalue weighted by molar-refractivity contribution is 5.75. The van der Waals surface area contributed by atoms with Gasteiger partial charge in [0.1, 0.15) is 11.4 Å². The summed E-state index contributed by atoms with van der Waals surface area (Å²) >= 11 is 0. The van der Waals surface area contributed by atoms with Gasteiger partial charge in [-0.3, -0.25) is 9.69 Å². The van der Waals surface area contributed by atoms with Gasteiger partial charge in [0.05, 0.1) is 12.5 Å². The highest BCUT2D eigenvalue weighted by atomic mass is 19.1. The fourth-order valence-corrected chi connectivity index (χ4v) is 3.96. The predicted octanol–water partition coefficient (Wildman–Crippen LogP) is 3.74. The molecule has 0 radical (unpaired) electrons. The number of nitrogens with zero attached hydrogens (tertiary/aromatic N) is 1. The average molecular weight is 385 g/mol. The lowest BCUT2D eigenvalue weighted by Gasteiger charge is -2.28. The summed E-state index contributed by atoms with van der Waals surface area (Å²) in [5, 5.41) is 10.2. The maximum absolute atomic E-state index is 13.4. The number of aliphatic hydroxyl groups is 1. The molecular formula is C23H28FNO3. The predicted molar refractivity (Wildman–Crippen MR) is 106 cm³/mol. The van der Waals surface area contributed by atoms with Gasteiger partial charge in [0, 0.05) is 25.0 Å². The van der Waals surface area contributed by atoms with E-state index in [0.717, 1.165) is 11.1 Å². The second-order valence-corrected chi connectivity index (χ2v) is 8.38. The molecule has 1 unspecified atom stereocenters. The van der Waals surface area contributed by atoms with E-state index in [9.17, 15) is 14.3 Å². The normalized spacial score (nSPS) is 23.0. The third-order valence-corrected chi connectivity index (χ3v) is 5.13. The summed E-state index contributed by atoms with van der Waals surface area (Å²) in [6.07, 6.45) is 0. The standard InChI is InChI=1S/C23H28FNO3/c1-23(2,3)28-22(27)19-14-25(13-16-7-5-4-6-8-16)20(15-26)21(19)17-9-11-18(24)12-10-17/h4-12,19-21,26H,13-15H2,1-3H3/t19?,20-,21+/m1/s1. The Morgan fingerprint density at radius 1 is 1.14 bits per heavy atom. The van der Waals surface area contributed by atoms with E-state index >= 15 is 0 Å². The smallest absolute Gasteiger partial charge is 0.311 e. The van der Waals surface area contributed by atoms with Gasteiger partial charge >= 0.3 is 5.97 Å². The number of rotatable bonds is 5. The third kappa shape index (κ3) is 4.78. The second kappa shape index (κ2) is 8.41. The number of benzene rings is 2. The lowest BCUT2D eigenvalue weighted by atomic mass is 9.84. The van der Waals surface area contributed by atoms with E-state index in [4.69, 9.17) is 4.74 Å². The Bertz CT molecular complexity index is 786. The first-order valence-corrected chi connectivity index (χ1v) is 9.65. The molecule has 0 aromatic heterocycles. The Kier molecular flexibility index (Phi) is 6.16. The van der Waals surface area contributed by atoms with E-state index in [1.165, 1.54) is 12.1 Å². The summed E-state index contributed by atoms with van der Waals surface area (Å²) in [5.41, 5.74) is 1.36. The monoisotopic (exact) mass is 385 g/mol. The molecule has 1 aliphatic rings. The molecule has 5 heteroatoms. The number of carbonyl (C=O) groups is 1. The fraction of sp³-hybridized carbons (Fsp3) is 0.435. The van der Waals surface area contributed by atoms with Gasteiger partial charge in [0.15, 0.2) is 0 Å². The Balaban J connectivity index is 1.92. The molecule has 4 nitrogen and oxygen atoms in total. The first-order valence-electron chi connectivity index (χ1n) is 9.65. The van der Waals surface area contributed by atoms with Gasteiger partial charge in [0.2, 0.25) is 0 Å². The summed E-state index contributed by atoms with van der Waals surface area (Å²) in [7, 11) is 0. The number of hydrogen-bond donors (Lipinski definition) is 1. The second-order valence-electron chi connectivity index (χ2n) is 8.38. The van der Waals surface area contributed by atoms with Gasteiger partial charge in [-0.2, -0.15) is 0 Å². The Labute approximate surface area is 165 Å². The van der Waals surface area contributed by atoms with Crippen molar-refractivity contribution in [3.05, 3.63) is 71.5 Å². The van der Waals surface area contributed by atoms with E-state index in [2.05, 4.69) is 4.90 Å². The summed E-state index contributed by atoms with van der Waals surface area (Å²) in [6.45, 7) is 6.56. The zero-order valence-corrected chi connectivity index (χ0v) is 16.6. The molecule has 2 aromatic carbocycles. The van der Waals surface area contributed by atoms with E-state index in [1.54, 1.807) is 12.1 Å². The molecule has 0 saturated carbocycles. The highest BCUT2D eigenvalue weighted by Gasteiger charge is 2.47. The van der Waals surface area contributed by atoms with Gasteiger partial charge in [-0.25, -0.2) is 4.39 Å². The van der Waals surface area contributed by atoms with Crippen LogP contribution in [0.1, 0.15) is 37.8 Å². The summed E-state index contributed by atoms with van der Waals surface area (Å²) < 4.78 is 19.1. The Hall–Kier alpha value is -2.24. The summed E-state index contributed by atoms with van der Waals surface area (Å²) in [4.78, 5) is 15.1. The summed E-state index contributed by atoms with van der Waals surface area (Å²) in [5.74, 6) is -1.29. The van der Waals surface area contributed by atoms with Crippen molar-refractivity contribution in [3.8, 4) is 0 Å². The van der Waals surface area contributed by atoms with Crippen molar-refractivity contribution in [3.63, 3.8) is 0 Å². The molecule has 150 valence electrons. The Morgan fingerprint density at radius 3 is 2.36 bits per heavy atom. The minimum atomic E-state index is -0.591. The first-order chi connectivity index (χ1) is 13.3. The number of carbonyl (C=O) groups excluding carboxylic acids is 1. The molecule has 0 amide bonds. The zero-order chi connectivity index (χ0) is 20.3. The van der Waals surface area contributed by atoms with Crippen LogP contribution in [0.5, 0.6) is 0 Å². The van der Waals surface area contributed by atoms with E-state index in [-0.39, 0.29) is 30.4 Å². The lowest BCUT2D eigenvalue weighted by Crippen LogP contribution is -2.35. The van der Waals surface area contributed by atoms with Crippen molar-refractivity contribution < 1.29 is 19.0 Å². The molecule has 1 saturated heterocycles. The minimum Gasteiger partial charge on any atom is -0.460 e. The molecule has 1 heterocycles. The molecular weight excluding hydrogens is 357 g/mol. The van der Waals surface area contributed by atoms with Crippen LogP contribution >= 0.6 is 0 Å². The van der Waals surface area contributed by atoms with Crippen molar-refractivity contribution in [2.24, 2.45) is 5.92 Å². The molecule has 1 aliphatic heterocycles. The minimum absolute atomic E-state index is 0.0891. The average Bonchev–Trinajstić information content (AvgIpc) is 3.00. The zero-order valence-electron chi connectivity index (χ0n) is 16.6. The van der Waals surface area contributed by atoms with Gasteiger partial charge < -0.3 is 9.84 Å². The van der Waals surface area contributed by atoms with Crippen LogP contribution in [0.3, 0.4) is 0 Å². The van der Waals surface area contributed by atoms with Crippen molar-refractivity contribution in [2.45, 2.75) is 44.9 Å². The number of hydrogen-bond acceptors (Lipinski definition) is 4. The third-order valence-electron chi connectivity index (χ3n) is 5.13. The number of ether oxygens (including phenoxy) is 1. The molecule has 3 rings (SSSR count). The topological polar surface area (TPSA) is 49.8 Å². The van der Waals surface area contributed by atoms with Crippen LogP contribution in [-0.2, 0) is 16.1 Å². The first kappa shape index (κ1) is 20.5. The van der Waals surface area contributed by atoms with Gasteiger partial charge in [0.25, 0.3) is 0 Å². The fourth-order valence-electron chi connectivity index (χ4n) is 3.96. The molecule has 3 atom stereocenters. The number of halogens is 1. The maximum Gasteiger partial charge on any atom is 0.311 e. The van der Waals surface area contributed by atoms with Crippen LogP contribution in [0, 0.1) is 11.7 Å². The van der Waals surface area contributed by atoms with Gasteiger partial charge in [-0.15, -0.1) is 0 Å². The molecule has 0 spiro atoms. The van der Waals surface area contributed by atoms with Gasteiger partial charge in [-0.1, -0.05) is 42.5 Å². The molecule has 2 aromatic rings. The van der Waals surface area contributed by atoms with Crippen molar-refractivity contribution in [1.82, 2.24) is 4.90 Å². The molecule has 0 bridgehead atoms. The van der Waals surface area contributed by atoms with Crippen LogP contribution in [0.15, 0.2) is 54.6 Å². The van der Waals surface area contributed by atoms with E-state index in [0.29, 0.717) is 13.1 Å². The van der Waals surface area contributed by atoms with Crippen LogP contribution in [0.25, 0.3) is 0 Å². The van der Waals surface area contributed by atoms with Crippen LogP contribution in [0.2, 0.25) is 0 Å². The van der Waals surface area contributed by atoms with Crippen LogP contribution < -0.4 is 0 Å². The largest absolute Gasteiger partial charge is 0.460 e. The molecule has 28 heavy (non-hydrogen) atoms. The molecule has 0 aliphatic carbocycles. The Morgan fingerprint density at radius 2 is 1.79 bits per heavy atom. The van der Waals surface area contributed by atoms with Crippen LogP contribution in [0.4, 0.5) is 4.39 Å². The van der Waals surface area contributed by atoms with Crippen molar-refractivity contribution >= 4 is 5.97 Å². The van der Waals surface area contributed by atoms with E-state index < -0.39 is 11.5 Å². The maximum atomic E-state index is 13.4. The number of esters is 1. The lowest BCUT2D eigenvalue weighted by molar-refractivity contribution is -0.160. The van der Waals surface area contributed by atoms with Crippen LogP contribution in [-0.4, -0.2) is 40.8 Å². The SMILES string of the molecule is CC(C)(C)OC(=O)C1CN(Cc2ccccc2)[C@H](CO)[C@H]1c1ccc(F)cc1. The number of aliphatic hydroxyl groups excluding tert-OH is 1. The van der Waals surface area contributed by atoms with Crippen molar-refractivity contribution in [2.75, 3.05) is 13.2 Å². The quantitative estimate of drug-likeness (QED) is 0.797. The molecule has 1 N–H and O–H groups in total. The molecule has 1 fully saturated rings.